The molecule has 0 bridgehead atoms. The summed E-state index contributed by atoms with van der Waals surface area (Å²) in [5.74, 6) is -1.10. The van der Waals surface area contributed by atoms with Gasteiger partial charge in [-0.15, -0.1) is 23.1 Å². The molecule has 2 atom stereocenters. The highest BCUT2D eigenvalue weighted by Gasteiger charge is 2.50. The lowest BCUT2D eigenvalue weighted by molar-refractivity contribution is -0.689. The number of β-lactam (4-membered cyclic amide) rings is 1. The molecule has 0 radical (unpaired) electrons. The molecule has 4 rings (SSSR count). The Bertz CT molecular complexity index is 946. The van der Waals surface area contributed by atoms with Crippen LogP contribution in [0.25, 0.3) is 0 Å². The molecule has 4 heterocycles. The van der Waals surface area contributed by atoms with E-state index in [4.69, 9.17) is 5.73 Å². The molecule has 146 valence electrons. The predicted molar refractivity (Wildman–Crippen MR) is 103 cm³/mol. The minimum Gasteiger partial charge on any atom is -0.870 e. The van der Waals surface area contributed by atoms with Crippen LogP contribution in [-0.2, 0) is 16.1 Å². The van der Waals surface area contributed by atoms with Crippen molar-refractivity contribution in [2.75, 3.05) is 11.5 Å². The molecule has 1 fully saturated rings. The van der Waals surface area contributed by atoms with E-state index in [1.807, 2.05) is 41.4 Å². The van der Waals surface area contributed by atoms with Crippen LogP contribution in [0.4, 0.5) is 5.13 Å². The normalized spacial score (nSPS) is 20.4. The Kier molecular flexibility index (Phi) is 5.77. The second kappa shape index (κ2) is 8.09. The highest BCUT2D eigenvalue weighted by Crippen LogP contribution is 2.36. The van der Waals surface area contributed by atoms with Gasteiger partial charge in [-0.25, -0.2) is 9.55 Å². The van der Waals surface area contributed by atoms with Crippen LogP contribution in [0.3, 0.4) is 0 Å². The van der Waals surface area contributed by atoms with Crippen LogP contribution in [0.2, 0.25) is 0 Å². The first-order valence-corrected chi connectivity index (χ1v) is 10.1. The number of thioether (sulfide) groups is 1. The van der Waals surface area contributed by atoms with Crippen molar-refractivity contribution >= 4 is 45.8 Å². The molecular weight excluding hydrogens is 402 g/mol. The van der Waals surface area contributed by atoms with Crippen LogP contribution in [-0.4, -0.2) is 50.1 Å². The summed E-state index contributed by atoms with van der Waals surface area (Å²) in [6.45, 7) is 0.700. The number of rotatable bonds is 5. The molecule has 2 amide bonds. The molecule has 1 saturated heterocycles. The maximum absolute atomic E-state index is 12.4. The predicted octanol–water partition coefficient (Wildman–Crippen LogP) is 0.00270. The van der Waals surface area contributed by atoms with Gasteiger partial charge in [0, 0.05) is 35.0 Å². The van der Waals surface area contributed by atoms with E-state index in [2.05, 4.69) is 10.3 Å². The number of nitrogens with one attached hydrogen (secondary N) is 1. The van der Waals surface area contributed by atoms with E-state index in [0.29, 0.717) is 6.54 Å². The van der Waals surface area contributed by atoms with Gasteiger partial charge < -0.3 is 21.4 Å². The van der Waals surface area contributed by atoms with E-state index >= 15 is 0 Å². The average molecular weight is 419 g/mol. The Morgan fingerprint density at radius 2 is 2.07 bits per heavy atom. The van der Waals surface area contributed by atoms with Gasteiger partial charge in [0.25, 0.3) is 17.6 Å². The van der Waals surface area contributed by atoms with Crippen molar-refractivity contribution in [3.05, 3.63) is 53.4 Å². The summed E-state index contributed by atoms with van der Waals surface area (Å²) in [5, 5.41) is 3.98. The fraction of sp³-hybridized carbons (Fsp3) is 0.235. The number of ketones is 1. The summed E-state index contributed by atoms with van der Waals surface area (Å²) in [5.41, 5.74) is 6.59. The van der Waals surface area contributed by atoms with E-state index in [-0.39, 0.29) is 27.6 Å². The first-order chi connectivity index (χ1) is 13.0. The third kappa shape index (κ3) is 3.77. The van der Waals surface area contributed by atoms with Crippen LogP contribution in [0.5, 0.6) is 0 Å². The number of aromatic nitrogens is 2. The van der Waals surface area contributed by atoms with Crippen molar-refractivity contribution in [3.8, 4) is 0 Å². The fourth-order valence-corrected chi connectivity index (χ4v) is 4.73. The van der Waals surface area contributed by atoms with Gasteiger partial charge in [-0.05, 0) is 0 Å². The minimum atomic E-state index is -0.839. The Hall–Kier alpha value is -2.76. The lowest BCUT2D eigenvalue weighted by atomic mass is 10.1. The number of hydrogen-bond acceptors (Lipinski definition) is 8. The number of hydrogen-bond donors (Lipinski definition) is 2. The van der Waals surface area contributed by atoms with Crippen molar-refractivity contribution < 1.29 is 24.4 Å². The highest BCUT2D eigenvalue weighted by molar-refractivity contribution is 8.00. The molecule has 0 aliphatic carbocycles. The lowest BCUT2D eigenvalue weighted by Crippen LogP contribution is -2.69. The molecule has 1 unspecified atom stereocenters. The fourth-order valence-electron chi connectivity index (χ4n) is 2.94. The number of thiazole rings is 1. The van der Waals surface area contributed by atoms with Crippen LogP contribution < -0.4 is 15.6 Å². The molecule has 2 aromatic rings. The Morgan fingerprint density at radius 1 is 1.32 bits per heavy atom. The van der Waals surface area contributed by atoms with Crippen molar-refractivity contribution in [2.45, 2.75) is 18.0 Å². The van der Waals surface area contributed by atoms with Crippen molar-refractivity contribution in [1.82, 2.24) is 15.2 Å². The van der Waals surface area contributed by atoms with Crippen molar-refractivity contribution in [1.29, 1.82) is 0 Å². The standard InChI is InChI=1S/C17H15N5O3S2.H2O/c18-17-19-11(9-27-17)13(23)14(24)20-12-15(25)22-7-10(8-26-16(12)22)6-21-4-2-1-3-5-21;/h1-5,7,9,12,16H,6,8H2,(H2-,18,19,20,24);1H2/t12?,16-;/m1./s1. The number of carbonyl (C=O) groups is 3. The zero-order chi connectivity index (χ0) is 19.0. The summed E-state index contributed by atoms with van der Waals surface area (Å²) in [6, 6.07) is 5.15. The highest BCUT2D eigenvalue weighted by atomic mass is 32.2. The van der Waals surface area contributed by atoms with Crippen molar-refractivity contribution in [2.24, 2.45) is 0 Å². The van der Waals surface area contributed by atoms with E-state index in [9.17, 15) is 14.4 Å². The Labute approximate surface area is 168 Å². The zero-order valence-corrected chi connectivity index (χ0v) is 16.2. The molecule has 4 N–H and O–H groups in total. The van der Waals surface area contributed by atoms with E-state index in [1.165, 1.54) is 5.38 Å². The third-order valence-electron chi connectivity index (χ3n) is 4.25. The minimum absolute atomic E-state index is 0. The summed E-state index contributed by atoms with van der Waals surface area (Å²) in [4.78, 5) is 42.0. The Morgan fingerprint density at radius 3 is 2.75 bits per heavy atom. The molecule has 0 aromatic carbocycles. The molecule has 11 heteroatoms. The van der Waals surface area contributed by atoms with Gasteiger partial charge >= 0.3 is 0 Å². The second-order valence-electron chi connectivity index (χ2n) is 6.13. The maximum atomic E-state index is 12.4. The monoisotopic (exact) mass is 419 g/mol. The third-order valence-corrected chi connectivity index (χ3v) is 6.30. The van der Waals surface area contributed by atoms with E-state index in [1.54, 1.807) is 16.7 Å². The van der Waals surface area contributed by atoms with Crippen molar-refractivity contribution in [3.63, 3.8) is 0 Å². The first-order valence-electron chi connectivity index (χ1n) is 8.16. The van der Waals surface area contributed by atoms with Gasteiger partial charge in [-0.3, -0.25) is 14.4 Å². The number of nitrogen functional groups attached to an aromatic ring is 1. The molecule has 2 aliphatic heterocycles. The Balaban J connectivity index is 0.00000225. The number of nitrogens with two attached hydrogens (primary N) is 1. The second-order valence-corrected chi connectivity index (χ2v) is 8.13. The molecular formula is C17H17N5O4S2. The number of amides is 2. The van der Waals surface area contributed by atoms with Crippen LogP contribution in [0, 0.1) is 0 Å². The number of anilines is 1. The molecule has 0 saturated carbocycles. The summed E-state index contributed by atoms with van der Waals surface area (Å²) in [6.07, 6.45) is 5.78. The molecule has 2 aliphatic rings. The van der Waals surface area contributed by atoms with E-state index in [0.717, 1.165) is 22.7 Å². The van der Waals surface area contributed by atoms with Gasteiger partial charge in [0.2, 0.25) is 0 Å². The maximum Gasteiger partial charge on any atom is 0.294 e. The number of Topliss-reactive ketones (excluding diaryl/α,β-unsaturated/α-hetero) is 1. The summed E-state index contributed by atoms with van der Waals surface area (Å²) >= 11 is 2.65. The number of carbonyl (C=O) groups excluding carboxylic acids is 3. The number of nitrogens with zero attached hydrogens (tertiary/aromatic N) is 3. The molecule has 28 heavy (non-hydrogen) atoms. The summed E-state index contributed by atoms with van der Waals surface area (Å²) < 4.78 is 2.04. The quantitative estimate of drug-likeness (QED) is 0.301. The number of pyridine rings is 1. The lowest BCUT2D eigenvalue weighted by Gasteiger charge is -2.47. The molecule has 0 spiro atoms. The molecule has 2 aromatic heterocycles. The smallest absolute Gasteiger partial charge is 0.294 e. The van der Waals surface area contributed by atoms with Gasteiger partial charge in [0.05, 0.1) is 0 Å². The average Bonchev–Trinajstić information content (AvgIpc) is 3.12. The van der Waals surface area contributed by atoms with Gasteiger partial charge in [0.1, 0.15) is 17.1 Å². The largest absolute Gasteiger partial charge is 0.870 e. The van der Waals surface area contributed by atoms with Gasteiger partial charge in [-0.2, -0.15) is 0 Å². The summed E-state index contributed by atoms with van der Waals surface area (Å²) in [7, 11) is 0. The van der Waals surface area contributed by atoms with E-state index < -0.39 is 17.7 Å². The first kappa shape index (κ1) is 20.0. The van der Waals surface area contributed by atoms with Gasteiger partial charge in [0.15, 0.2) is 24.1 Å². The molecule has 9 nitrogen and oxygen atoms in total. The van der Waals surface area contributed by atoms with Crippen LogP contribution >= 0.6 is 23.1 Å². The van der Waals surface area contributed by atoms with Gasteiger partial charge in [-0.1, -0.05) is 6.07 Å². The number of fused-ring (bicyclic) bond motifs is 1. The SMILES string of the molecule is Nc1nc(C(=O)C(=O)NC2C(=O)N3C=C(C[n+]4ccccc4)CS[C@H]23)cs1.[OH-]. The van der Waals surface area contributed by atoms with Crippen LogP contribution in [0.15, 0.2) is 47.7 Å². The topological polar surface area (TPSA) is 139 Å². The van der Waals surface area contributed by atoms with Crippen LogP contribution in [0.1, 0.15) is 10.5 Å². The zero-order valence-electron chi connectivity index (χ0n) is 14.5.